The molecule has 1 aromatic heterocycles. The molecule has 0 fully saturated rings. The summed E-state index contributed by atoms with van der Waals surface area (Å²) in [6.45, 7) is 5.14. The number of aryl methyl sites for hydroxylation is 1. The minimum absolute atomic E-state index is 0. The van der Waals surface area contributed by atoms with Gasteiger partial charge in [-0.3, -0.25) is 4.99 Å². The highest BCUT2D eigenvalue weighted by molar-refractivity contribution is 14.0. The first-order valence-electron chi connectivity index (χ1n) is 8.32. The number of halogens is 1. The Labute approximate surface area is 166 Å². The highest BCUT2D eigenvalue weighted by Gasteiger charge is 2.02. The van der Waals surface area contributed by atoms with Gasteiger partial charge in [0.05, 0.1) is 6.61 Å². The van der Waals surface area contributed by atoms with Crippen molar-refractivity contribution in [3.05, 3.63) is 42.5 Å². The summed E-state index contributed by atoms with van der Waals surface area (Å²) in [5.74, 6) is 2.69. The molecule has 0 atom stereocenters. The van der Waals surface area contributed by atoms with E-state index >= 15 is 0 Å². The zero-order valence-corrected chi connectivity index (χ0v) is 17.1. The van der Waals surface area contributed by atoms with Gasteiger partial charge in [0.1, 0.15) is 17.9 Å². The standard InChI is InChI=1S/C17H26N6O.HI/c1-3-16-22-21-14-23(16)12-11-20-17(18-2)19-10-7-13-24-15-8-5-4-6-9-15;/h4-6,8-9,14H,3,7,10-13H2,1-2H3,(H2,18,19,20);1H. The van der Waals surface area contributed by atoms with Crippen LogP contribution in [-0.4, -0.2) is 47.5 Å². The van der Waals surface area contributed by atoms with Crippen molar-refractivity contribution >= 4 is 29.9 Å². The lowest BCUT2D eigenvalue weighted by atomic mass is 10.3. The van der Waals surface area contributed by atoms with Gasteiger partial charge in [0.15, 0.2) is 5.96 Å². The zero-order chi connectivity index (χ0) is 17.0. The summed E-state index contributed by atoms with van der Waals surface area (Å²) in [5.41, 5.74) is 0. The highest BCUT2D eigenvalue weighted by atomic mass is 127. The van der Waals surface area contributed by atoms with E-state index in [-0.39, 0.29) is 24.0 Å². The maximum atomic E-state index is 5.66. The van der Waals surface area contributed by atoms with Gasteiger partial charge in [0.2, 0.25) is 0 Å². The van der Waals surface area contributed by atoms with E-state index in [1.165, 1.54) is 0 Å². The topological polar surface area (TPSA) is 76.4 Å². The SMILES string of the molecule is CCc1nncn1CCNC(=NC)NCCCOc1ccccc1.I. The molecule has 2 rings (SSSR count). The second-order valence-electron chi connectivity index (χ2n) is 5.23. The lowest BCUT2D eigenvalue weighted by molar-refractivity contribution is 0.311. The van der Waals surface area contributed by atoms with Gasteiger partial charge < -0.3 is 19.9 Å². The Morgan fingerprint density at radius 3 is 2.68 bits per heavy atom. The number of aliphatic imine (C=N–C) groups is 1. The second kappa shape index (κ2) is 12.5. The predicted molar refractivity (Wildman–Crippen MR) is 111 cm³/mol. The van der Waals surface area contributed by atoms with Crippen molar-refractivity contribution in [3.8, 4) is 5.75 Å². The third kappa shape index (κ3) is 7.72. The fraction of sp³-hybridized carbons (Fsp3) is 0.471. The molecule has 0 spiro atoms. The van der Waals surface area contributed by atoms with E-state index in [2.05, 4.69) is 32.7 Å². The monoisotopic (exact) mass is 458 g/mol. The molecule has 0 radical (unpaired) electrons. The van der Waals surface area contributed by atoms with Crippen LogP contribution in [0.2, 0.25) is 0 Å². The molecule has 25 heavy (non-hydrogen) atoms. The molecule has 0 aliphatic carbocycles. The molecular weight excluding hydrogens is 431 g/mol. The first kappa shape index (κ1) is 21.2. The van der Waals surface area contributed by atoms with Crippen molar-refractivity contribution in [2.75, 3.05) is 26.7 Å². The number of ether oxygens (including phenoxy) is 1. The molecule has 0 aliphatic heterocycles. The minimum atomic E-state index is 0. The first-order chi connectivity index (χ1) is 11.8. The summed E-state index contributed by atoms with van der Waals surface area (Å²) in [6, 6.07) is 9.85. The smallest absolute Gasteiger partial charge is 0.191 e. The molecule has 0 saturated carbocycles. The Kier molecular flexibility index (Phi) is 10.6. The van der Waals surface area contributed by atoms with Gasteiger partial charge in [-0.1, -0.05) is 25.1 Å². The molecule has 0 bridgehead atoms. The van der Waals surface area contributed by atoms with Crippen LogP contribution in [0.15, 0.2) is 41.7 Å². The lowest BCUT2D eigenvalue weighted by Gasteiger charge is -2.13. The molecule has 2 aromatic rings. The van der Waals surface area contributed by atoms with Crippen LogP contribution in [-0.2, 0) is 13.0 Å². The molecule has 1 heterocycles. The van der Waals surface area contributed by atoms with Gasteiger partial charge in [-0.25, -0.2) is 0 Å². The average molecular weight is 458 g/mol. The summed E-state index contributed by atoms with van der Waals surface area (Å²) in [4.78, 5) is 4.22. The number of nitrogens with one attached hydrogen (secondary N) is 2. The Balaban J connectivity index is 0.00000312. The van der Waals surface area contributed by atoms with Gasteiger partial charge in [-0.15, -0.1) is 34.2 Å². The highest BCUT2D eigenvalue weighted by Crippen LogP contribution is 2.07. The fourth-order valence-electron chi connectivity index (χ4n) is 2.24. The van der Waals surface area contributed by atoms with E-state index in [1.807, 2.05) is 34.9 Å². The molecule has 0 aliphatic rings. The molecule has 0 unspecified atom stereocenters. The van der Waals surface area contributed by atoms with Crippen LogP contribution in [0.5, 0.6) is 5.75 Å². The number of benzene rings is 1. The summed E-state index contributed by atoms with van der Waals surface area (Å²) in [7, 11) is 1.77. The van der Waals surface area contributed by atoms with Gasteiger partial charge in [-0.05, 0) is 18.6 Å². The van der Waals surface area contributed by atoms with Gasteiger partial charge in [0, 0.05) is 33.1 Å². The molecule has 2 N–H and O–H groups in total. The molecular formula is C17H27IN6O. The van der Waals surface area contributed by atoms with Crippen LogP contribution in [0.3, 0.4) is 0 Å². The van der Waals surface area contributed by atoms with Crippen LogP contribution in [0.4, 0.5) is 0 Å². The number of hydrogen-bond donors (Lipinski definition) is 2. The van der Waals surface area contributed by atoms with Crippen molar-refractivity contribution in [3.63, 3.8) is 0 Å². The molecule has 7 nitrogen and oxygen atoms in total. The quantitative estimate of drug-likeness (QED) is 0.261. The molecule has 1 aromatic carbocycles. The number of aromatic nitrogens is 3. The van der Waals surface area contributed by atoms with Crippen LogP contribution >= 0.6 is 24.0 Å². The van der Waals surface area contributed by atoms with Crippen LogP contribution < -0.4 is 15.4 Å². The third-order valence-corrected chi connectivity index (χ3v) is 3.51. The number of guanidine groups is 1. The molecule has 0 saturated heterocycles. The first-order valence-corrected chi connectivity index (χ1v) is 8.32. The number of nitrogens with zero attached hydrogens (tertiary/aromatic N) is 4. The van der Waals surface area contributed by atoms with Gasteiger partial charge in [0.25, 0.3) is 0 Å². The van der Waals surface area contributed by atoms with E-state index in [4.69, 9.17) is 4.74 Å². The number of para-hydroxylation sites is 1. The minimum Gasteiger partial charge on any atom is -0.494 e. The van der Waals surface area contributed by atoms with Gasteiger partial charge in [-0.2, -0.15) is 0 Å². The number of rotatable bonds is 9. The Morgan fingerprint density at radius 2 is 1.96 bits per heavy atom. The Bertz CT molecular complexity index is 617. The van der Waals surface area contributed by atoms with Gasteiger partial charge >= 0.3 is 0 Å². The van der Waals surface area contributed by atoms with Crippen LogP contribution in [0.25, 0.3) is 0 Å². The lowest BCUT2D eigenvalue weighted by Crippen LogP contribution is -2.39. The molecule has 0 amide bonds. The maximum Gasteiger partial charge on any atom is 0.191 e. The Morgan fingerprint density at radius 1 is 1.20 bits per heavy atom. The second-order valence-corrected chi connectivity index (χ2v) is 5.23. The Hall–Kier alpha value is -1.84. The maximum absolute atomic E-state index is 5.66. The van der Waals surface area contributed by atoms with E-state index in [0.717, 1.165) is 50.0 Å². The van der Waals surface area contributed by atoms with E-state index in [9.17, 15) is 0 Å². The summed E-state index contributed by atoms with van der Waals surface area (Å²) < 4.78 is 7.71. The summed E-state index contributed by atoms with van der Waals surface area (Å²) in [6.07, 6.45) is 3.55. The average Bonchev–Trinajstić information content (AvgIpc) is 3.08. The zero-order valence-electron chi connectivity index (χ0n) is 14.8. The largest absolute Gasteiger partial charge is 0.494 e. The summed E-state index contributed by atoms with van der Waals surface area (Å²) in [5, 5.41) is 14.6. The van der Waals surface area contributed by atoms with E-state index in [1.54, 1.807) is 13.4 Å². The third-order valence-electron chi connectivity index (χ3n) is 3.51. The van der Waals surface area contributed by atoms with Crippen molar-refractivity contribution in [2.24, 2.45) is 4.99 Å². The predicted octanol–water partition coefficient (Wildman–Crippen LogP) is 2.09. The van der Waals surface area contributed by atoms with Crippen LogP contribution in [0.1, 0.15) is 19.2 Å². The van der Waals surface area contributed by atoms with Crippen molar-refractivity contribution in [2.45, 2.75) is 26.3 Å². The van der Waals surface area contributed by atoms with Crippen molar-refractivity contribution in [1.82, 2.24) is 25.4 Å². The van der Waals surface area contributed by atoms with Crippen LogP contribution in [0, 0.1) is 0 Å². The summed E-state index contributed by atoms with van der Waals surface area (Å²) >= 11 is 0. The number of hydrogen-bond acceptors (Lipinski definition) is 4. The van der Waals surface area contributed by atoms with E-state index in [0.29, 0.717) is 6.61 Å². The van der Waals surface area contributed by atoms with Crippen molar-refractivity contribution < 1.29 is 4.74 Å². The molecule has 138 valence electrons. The fourth-order valence-corrected chi connectivity index (χ4v) is 2.24. The van der Waals surface area contributed by atoms with Crippen molar-refractivity contribution in [1.29, 1.82) is 0 Å². The molecule has 8 heteroatoms. The normalized spacial score (nSPS) is 10.9. The van der Waals surface area contributed by atoms with E-state index < -0.39 is 0 Å².